The standard InChI is InChI=1S/C20H17FN2O2S/c1-12-15(9-16-19(18(12)21)25-7-6-23-20(16)24)8-13-2-4-14(5-3-13)17-10-22-11-26-17/h2-5,9-11H,6-8H2,1H3,(H,23,24). The normalized spacial score (nSPS) is 13.5. The largest absolute Gasteiger partial charge is 0.488 e. The molecular weight excluding hydrogens is 351 g/mol. The van der Waals surface area contributed by atoms with E-state index in [1.807, 2.05) is 30.5 Å². The van der Waals surface area contributed by atoms with Crippen LogP contribution >= 0.6 is 11.3 Å². The maximum absolute atomic E-state index is 14.7. The van der Waals surface area contributed by atoms with E-state index in [1.54, 1.807) is 29.8 Å². The molecule has 0 atom stereocenters. The second-order valence-electron chi connectivity index (χ2n) is 6.20. The second-order valence-corrected chi connectivity index (χ2v) is 7.08. The minimum Gasteiger partial charge on any atom is -0.488 e. The Labute approximate surface area is 154 Å². The first-order valence-corrected chi connectivity index (χ1v) is 9.22. The maximum atomic E-state index is 14.7. The molecule has 0 bridgehead atoms. The number of amides is 1. The lowest BCUT2D eigenvalue weighted by molar-refractivity contribution is 0.0957. The van der Waals surface area contributed by atoms with Gasteiger partial charge in [0.05, 0.1) is 22.5 Å². The van der Waals surface area contributed by atoms with E-state index < -0.39 is 5.82 Å². The fourth-order valence-electron chi connectivity index (χ4n) is 3.05. The first kappa shape index (κ1) is 16.7. The highest BCUT2D eigenvalue weighted by Gasteiger charge is 2.23. The van der Waals surface area contributed by atoms with E-state index in [0.717, 1.165) is 21.6 Å². The number of rotatable bonds is 3. The topological polar surface area (TPSA) is 51.2 Å². The molecule has 132 valence electrons. The van der Waals surface area contributed by atoms with Crippen LogP contribution in [0.4, 0.5) is 4.39 Å². The molecule has 4 rings (SSSR count). The number of halogens is 1. The van der Waals surface area contributed by atoms with E-state index in [4.69, 9.17) is 4.74 Å². The van der Waals surface area contributed by atoms with E-state index in [0.29, 0.717) is 18.5 Å². The highest BCUT2D eigenvalue weighted by Crippen LogP contribution is 2.31. The van der Waals surface area contributed by atoms with Gasteiger partial charge in [-0.05, 0) is 41.7 Å². The van der Waals surface area contributed by atoms with Gasteiger partial charge in [-0.25, -0.2) is 4.39 Å². The number of thiazole rings is 1. The average Bonchev–Trinajstić information content (AvgIpc) is 3.12. The number of carbonyl (C=O) groups is 1. The van der Waals surface area contributed by atoms with Gasteiger partial charge in [0.1, 0.15) is 6.61 Å². The summed E-state index contributed by atoms with van der Waals surface area (Å²) in [5.74, 6) is -0.684. The first-order chi connectivity index (χ1) is 12.6. The van der Waals surface area contributed by atoms with Crippen LogP contribution in [0.1, 0.15) is 27.0 Å². The third kappa shape index (κ3) is 3.08. The molecule has 1 aromatic heterocycles. The molecule has 1 amide bonds. The Morgan fingerprint density at radius 3 is 2.85 bits per heavy atom. The molecule has 0 spiro atoms. The minimum absolute atomic E-state index is 0.0572. The van der Waals surface area contributed by atoms with Crippen molar-refractivity contribution in [2.75, 3.05) is 13.2 Å². The Morgan fingerprint density at radius 2 is 2.12 bits per heavy atom. The lowest BCUT2D eigenvalue weighted by Crippen LogP contribution is -2.24. The summed E-state index contributed by atoms with van der Waals surface area (Å²) in [5.41, 5.74) is 5.53. The van der Waals surface area contributed by atoms with Crippen molar-refractivity contribution in [1.82, 2.24) is 10.3 Å². The van der Waals surface area contributed by atoms with E-state index in [1.165, 1.54) is 0 Å². The summed E-state index contributed by atoms with van der Waals surface area (Å²) in [5, 5.41) is 2.73. The van der Waals surface area contributed by atoms with Gasteiger partial charge in [0.2, 0.25) is 0 Å². The average molecular weight is 368 g/mol. The number of ether oxygens (including phenoxy) is 1. The Morgan fingerprint density at radius 1 is 1.31 bits per heavy atom. The zero-order valence-electron chi connectivity index (χ0n) is 14.2. The number of fused-ring (bicyclic) bond motifs is 1. The van der Waals surface area contributed by atoms with Crippen molar-refractivity contribution in [3.63, 3.8) is 0 Å². The number of hydrogen-bond acceptors (Lipinski definition) is 4. The van der Waals surface area contributed by atoms with Gasteiger partial charge in [-0.3, -0.25) is 9.78 Å². The van der Waals surface area contributed by atoms with Gasteiger partial charge in [-0.1, -0.05) is 24.3 Å². The third-order valence-electron chi connectivity index (χ3n) is 4.52. The Bertz CT molecular complexity index is 953. The minimum atomic E-state index is -0.448. The van der Waals surface area contributed by atoms with Crippen LogP contribution in [0, 0.1) is 12.7 Å². The van der Waals surface area contributed by atoms with Crippen LogP contribution in [0.3, 0.4) is 0 Å². The van der Waals surface area contributed by atoms with Crippen molar-refractivity contribution in [1.29, 1.82) is 0 Å². The van der Waals surface area contributed by atoms with Crippen LogP contribution in [0.15, 0.2) is 42.0 Å². The van der Waals surface area contributed by atoms with Crippen molar-refractivity contribution in [2.24, 2.45) is 0 Å². The van der Waals surface area contributed by atoms with Gasteiger partial charge in [-0.2, -0.15) is 0 Å². The predicted octanol–water partition coefficient (Wildman–Crippen LogP) is 3.97. The van der Waals surface area contributed by atoms with E-state index in [2.05, 4.69) is 10.3 Å². The SMILES string of the molecule is Cc1c(Cc2ccc(-c3cncs3)cc2)cc2c(c1F)OCCNC2=O. The Balaban J connectivity index is 1.66. The van der Waals surface area contributed by atoms with E-state index in [9.17, 15) is 9.18 Å². The van der Waals surface area contributed by atoms with E-state index >= 15 is 0 Å². The number of aromatic nitrogens is 1. The lowest BCUT2D eigenvalue weighted by atomic mass is 9.96. The summed E-state index contributed by atoms with van der Waals surface area (Å²) in [6.07, 6.45) is 2.39. The summed E-state index contributed by atoms with van der Waals surface area (Å²) in [4.78, 5) is 17.4. The third-order valence-corrected chi connectivity index (χ3v) is 5.34. The molecule has 0 saturated heterocycles. The molecule has 2 aromatic carbocycles. The molecule has 2 heterocycles. The fraction of sp³-hybridized carbons (Fsp3) is 0.200. The quantitative estimate of drug-likeness (QED) is 0.761. The van der Waals surface area contributed by atoms with Gasteiger partial charge in [0, 0.05) is 6.20 Å². The van der Waals surface area contributed by atoms with Crippen molar-refractivity contribution in [2.45, 2.75) is 13.3 Å². The van der Waals surface area contributed by atoms with Crippen LogP contribution in [-0.4, -0.2) is 24.0 Å². The second kappa shape index (κ2) is 6.88. The zero-order valence-corrected chi connectivity index (χ0v) is 15.0. The van der Waals surface area contributed by atoms with Gasteiger partial charge < -0.3 is 10.1 Å². The Hall–Kier alpha value is -2.73. The van der Waals surface area contributed by atoms with Crippen LogP contribution in [0.2, 0.25) is 0 Å². The van der Waals surface area contributed by atoms with Crippen LogP contribution in [-0.2, 0) is 6.42 Å². The molecule has 6 heteroatoms. The summed E-state index contributed by atoms with van der Waals surface area (Å²) in [6.45, 7) is 2.37. The molecule has 0 saturated carbocycles. The highest BCUT2D eigenvalue weighted by molar-refractivity contribution is 7.13. The number of hydrogen-bond donors (Lipinski definition) is 1. The highest BCUT2D eigenvalue weighted by atomic mass is 32.1. The summed E-state index contributed by atoms with van der Waals surface area (Å²) in [7, 11) is 0. The monoisotopic (exact) mass is 368 g/mol. The molecule has 0 fully saturated rings. The van der Waals surface area contributed by atoms with Crippen LogP contribution < -0.4 is 10.1 Å². The van der Waals surface area contributed by atoms with Crippen LogP contribution in [0.5, 0.6) is 5.75 Å². The predicted molar refractivity (Wildman–Crippen MR) is 99.3 cm³/mol. The fourth-order valence-corrected chi connectivity index (χ4v) is 3.68. The van der Waals surface area contributed by atoms with Crippen LogP contribution in [0.25, 0.3) is 10.4 Å². The molecule has 1 aliphatic rings. The smallest absolute Gasteiger partial charge is 0.255 e. The van der Waals surface area contributed by atoms with Gasteiger partial charge in [-0.15, -0.1) is 11.3 Å². The number of carbonyl (C=O) groups excluding carboxylic acids is 1. The van der Waals surface area contributed by atoms with Gasteiger partial charge in [0.15, 0.2) is 11.6 Å². The molecule has 26 heavy (non-hydrogen) atoms. The molecule has 4 nitrogen and oxygen atoms in total. The molecule has 0 radical (unpaired) electrons. The molecule has 1 aliphatic heterocycles. The number of nitrogens with one attached hydrogen (secondary N) is 1. The number of benzene rings is 2. The van der Waals surface area contributed by atoms with Crippen molar-refractivity contribution < 1.29 is 13.9 Å². The lowest BCUT2D eigenvalue weighted by Gasteiger charge is -2.14. The van der Waals surface area contributed by atoms with Gasteiger partial charge >= 0.3 is 0 Å². The molecule has 1 N–H and O–H groups in total. The first-order valence-electron chi connectivity index (χ1n) is 8.34. The van der Waals surface area contributed by atoms with Crippen molar-refractivity contribution in [3.05, 3.63) is 70.1 Å². The molecule has 3 aromatic rings. The van der Waals surface area contributed by atoms with Gasteiger partial charge in [0.25, 0.3) is 5.91 Å². The molecular formula is C20H17FN2O2S. The van der Waals surface area contributed by atoms with Crippen molar-refractivity contribution >= 4 is 17.2 Å². The summed E-state index contributed by atoms with van der Waals surface area (Å²) in [6, 6.07) is 9.86. The number of nitrogens with zero attached hydrogens (tertiary/aromatic N) is 1. The molecule has 0 unspecified atom stereocenters. The zero-order chi connectivity index (χ0) is 18.1. The van der Waals surface area contributed by atoms with E-state index in [-0.39, 0.29) is 23.8 Å². The molecule has 0 aliphatic carbocycles. The van der Waals surface area contributed by atoms with Crippen molar-refractivity contribution in [3.8, 4) is 16.2 Å². The maximum Gasteiger partial charge on any atom is 0.255 e. The summed E-state index contributed by atoms with van der Waals surface area (Å²) < 4.78 is 20.2. The Kier molecular flexibility index (Phi) is 4.42. The summed E-state index contributed by atoms with van der Waals surface area (Å²) >= 11 is 1.59.